The highest BCUT2D eigenvalue weighted by Gasteiger charge is 2.15. The summed E-state index contributed by atoms with van der Waals surface area (Å²) in [6.07, 6.45) is 0. The molecule has 0 spiro atoms. The molecule has 1 aromatic carbocycles. The lowest BCUT2D eigenvalue weighted by atomic mass is 10.1. The topological polar surface area (TPSA) is 41.1 Å². The average molecular weight is 315 g/mol. The number of thiocarbonyl (C=S) groups is 1. The fraction of sp³-hybridized carbons (Fsp3) is 0.333. The zero-order valence-corrected chi connectivity index (χ0v) is 12.4. The monoisotopic (exact) mass is 314 g/mol. The first-order valence-electron chi connectivity index (χ1n) is 5.17. The maximum absolute atomic E-state index is 11.9. The van der Waals surface area contributed by atoms with Crippen LogP contribution in [-0.4, -0.2) is 16.6 Å². The van der Waals surface area contributed by atoms with E-state index in [4.69, 9.17) is 12.2 Å². The minimum atomic E-state index is -0.223. The first-order chi connectivity index (χ1) is 7.79. The molecule has 0 radical (unpaired) electrons. The van der Waals surface area contributed by atoms with Gasteiger partial charge in [-0.25, -0.2) is 0 Å². The third-order valence-electron chi connectivity index (χ3n) is 1.83. The number of carbonyl (C=O) groups excluding carboxylic acids is 1. The Hall–Kier alpha value is -0.940. The molecule has 1 amide bonds. The summed E-state index contributed by atoms with van der Waals surface area (Å²) < 4.78 is 0.746. The van der Waals surface area contributed by atoms with Crippen molar-refractivity contribution in [2.24, 2.45) is 0 Å². The highest BCUT2D eigenvalue weighted by Crippen LogP contribution is 2.15. The van der Waals surface area contributed by atoms with E-state index in [9.17, 15) is 4.79 Å². The molecule has 2 N–H and O–H groups in total. The number of hydrogen-bond acceptors (Lipinski definition) is 2. The number of amides is 1. The van der Waals surface area contributed by atoms with E-state index in [0.29, 0.717) is 10.7 Å². The van der Waals surface area contributed by atoms with E-state index in [1.165, 1.54) is 0 Å². The molecule has 92 valence electrons. The maximum atomic E-state index is 11.9. The van der Waals surface area contributed by atoms with Crippen LogP contribution in [0.1, 0.15) is 31.1 Å². The minimum Gasteiger partial charge on any atom is -0.358 e. The molecule has 1 rings (SSSR count). The summed E-state index contributed by atoms with van der Waals surface area (Å²) in [5.41, 5.74) is 0.392. The van der Waals surface area contributed by atoms with Gasteiger partial charge in [-0.1, -0.05) is 12.1 Å². The second-order valence-corrected chi connectivity index (χ2v) is 5.90. The molecule has 0 aliphatic rings. The first-order valence-corrected chi connectivity index (χ1v) is 6.38. The SMILES string of the molecule is CC(C)(C)NC(=S)NC(=O)c1ccccc1Br. The second-order valence-electron chi connectivity index (χ2n) is 4.64. The molecule has 1 aromatic rings. The Morgan fingerprint density at radius 3 is 2.41 bits per heavy atom. The normalized spacial score (nSPS) is 10.8. The van der Waals surface area contributed by atoms with Crippen molar-refractivity contribution in [2.45, 2.75) is 26.3 Å². The Labute approximate surface area is 115 Å². The third-order valence-corrected chi connectivity index (χ3v) is 2.73. The fourth-order valence-electron chi connectivity index (χ4n) is 1.19. The van der Waals surface area contributed by atoms with E-state index in [2.05, 4.69) is 26.6 Å². The van der Waals surface area contributed by atoms with E-state index < -0.39 is 0 Å². The van der Waals surface area contributed by atoms with Crippen LogP contribution in [0.4, 0.5) is 0 Å². The average Bonchev–Trinajstić information content (AvgIpc) is 2.14. The van der Waals surface area contributed by atoms with Crippen LogP contribution in [0.5, 0.6) is 0 Å². The summed E-state index contributed by atoms with van der Waals surface area (Å²) >= 11 is 8.39. The molecule has 0 aliphatic carbocycles. The van der Waals surface area contributed by atoms with Crippen molar-refractivity contribution in [3.63, 3.8) is 0 Å². The van der Waals surface area contributed by atoms with Crippen LogP contribution in [0, 0.1) is 0 Å². The van der Waals surface area contributed by atoms with Crippen molar-refractivity contribution in [2.75, 3.05) is 0 Å². The van der Waals surface area contributed by atoms with Crippen molar-refractivity contribution < 1.29 is 4.79 Å². The van der Waals surface area contributed by atoms with Gasteiger partial charge in [-0.15, -0.1) is 0 Å². The van der Waals surface area contributed by atoms with Gasteiger partial charge in [0.25, 0.3) is 5.91 Å². The van der Waals surface area contributed by atoms with Crippen molar-refractivity contribution >= 4 is 39.2 Å². The summed E-state index contributed by atoms with van der Waals surface area (Å²) in [6.45, 7) is 5.93. The molecule has 0 saturated carbocycles. The number of rotatable bonds is 1. The van der Waals surface area contributed by atoms with E-state index in [-0.39, 0.29) is 11.4 Å². The smallest absolute Gasteiger partial charge is 0.258 e. The Balaban J connectivity index is 2.68. The van der Waals surface area contributed by atoms with E-state index in [1.807, 2.05) is 32.9 Å². The Kier molecular flexibility index (Phi) is 4.65. The van der Waals surface area contributed by atoms with E-state index in [1.54, 1.807) is 12.1 Å². The Bertz CT molecular complexity index is 440. The molecule has 0 aliphatic heterocycles. The zero-order valence-electron chi connectivity index (χ0n) is 10.0. The fourth-order valence-corrected chi connectivity index (χ4v) is 2.05. The lowest BCUT2D eigenvalue weighted by Gasteiger charge is -2.22. The maximum Gasteiger partial charge on any atom is 0.258 e. The predicted molar refractivity (Wildman–Crippen MR) is 77.1 cm³/mol. The van der Waals surface area contributed by atoms with Gasteiger partial charge in [0.15, 0.2) is 5.11 Å². The van der Waals surface area contributed by atoms with Crippen LogP contribution in [0.2, 0.25) is 0 Å². The molecule has 0 heterocycles. The molecule has 0 aromatic heterocycles. The number of carbonyl (C=O) groups is 1. The molecular weight excluding hydrogens is 300 g/mol. The zero-order chi connectivity index (χ0) is 13.1. The molecule has 0 saturated heterocycles. The quantitative estimate of drug-likeness (QED) is 0.783. The predicted octanol–water partition coefficient (Wildman–Crippen LogP) is 2.85. The molecule has 5 heteroatoms. The Morgan fingerprint density at radius 2 is 1.88 bits per heavy atom. The van der Waals surface area contributed by atoms with Crippen molar-refractivity contribution in [3.05, 3.63) is 34.3 Å². The summed E-state index contributed by atoms with van der Waals surface area (Å²) in [6, 6.07) is 7.21. The van der Waals surface area contributed by atoms with Crippen LogP contribution in [-0.2, 0) is 0 Å². The summed E-state index contributed by atoms with van der Waals surface area (Å²) in [5, 5.41) is 6.00. The molecule has 0 unspecified atom stereocenters. The number of hydrogen-bond donors (Lipinski definition) is 2. The standard InChI is InChI=1S/C12H15BrN2OS/c1-12(2,3)15-11(17)14-10(16)8-6-4-5-7-9(8)13/h4-7H,1-3H3,(H2,14,15,16,17). The lowest BCUT2D eigenvalue weighted by molar-refractivity contribution is 0.0975. The lowest BCUT2D eigenvalue weighted by Crippen LogP contribution is -2.48. The highest BCUT2D eigenvalue weighted by molar-refractivity contribution is 9.10. The molecule has 0 bridgehead atoms. The molecule has 3 nitrogen and oxygen atoms in total. The van der Waals surface area contributed by atoms with Crippen LogP contribution < -0.4 is 10.6 Å². The van der Waals surface area contributed by atoms with Gasteiger partial charge in [-0.3, -0.25) is 10.1 Å². The van der Waals surface area contributed by atoms with Gasteiger partial charge >= 0.3 is 0 Å². The van der Waals surface area contributed by atoms with E-state index in [0.717, 1.165) is 4.47 Å². The van der Waals surface area contributed by atoms with Crippen molar-refractivity contribution in [1.29, 1.82) is 0 Å². The molecule has 0 fully saturated rings. The highest BCUT2D eigenvalue weighted by atomic mass is 79.9. The third kappa shape index (κ3) is 4.83. The first kappa shape index (κ1) is 14.1. The van der Waals surface area contributed by atoms with Crippen LogP contribution in [0.15, 0.2) is 28.7 Å². The van der Waals surface area contributed by atoms with Crippen LogP contribution in [0.25, 0.3) is 0 Å². The number of halogens is 1. The molecule has 17 heavy (non-hydrogen) atoms. The van der Waals surface area contributed by atoms with Gasteiger partial charge < -0.3 is 5.32 Å². The summed E-state index contributed by atoms with van der Waals surface area (Å²) in [4.78, 5) is 11.9. The number of nitrogens with one attached hydrogen (secondary N) is 2. The largest absolute Gasteiger partial charge is 0.358 e. The molecular formula is C12H15BrN2OS. The van der Waals surface area contributed by atoms with Gasteiger partial charge in [0, 0.05) is 10.0 Å². The van der Waals surface area contributed by atoms with Crippen molar-refractivity contribution in [1.82, 2.24) is 10.6 Å². The van der Waals surface area contributed by atoms with Gasteiger partial charge in [0.1, 0.15) is 0 Å². The Morgan fingerprint density at radius 1 is 1.29 bits per heavy atom. The van der Waals surface area contributed by atoms with Crippen molar-refractivity contribution in [3.8, 4) is 0 Å². The molecule has 0 atom stereocenters. The second kappa shape index (κ2) is 5.60. The van der Waals surface area contributed by atoms with Crippen LogP contribution >= 0.6 is 28.1 Å². The van der Waals surface area contributed by atoms with Gasteiger partial charge in [-0.05, 0) is 61.1 Å². The van der Waals surface area contributed by atoms with Gasteiger partial charge in [0.05, 0.1) is 5.56 Å². The summed E-state index contributed by atoms with van der Waals surface area (Å²) in [5.74, 6) is -0.223. The number of benzene rings is 1. The van der Waals surface area contributed by atoms with Crippen LogP contribution in [0.3, 0.4) is 0 Å². The van der Waals surface area contributed by atoms with Gasteiger partial charge in [-0.2, -0.15) is 0 Å². The van der Waals surface area contributed by atoms with Gasteiger partial charge in [0.2, 0.25) is 0 Å². The minimum absolute atomic E-state index is 0.168. The van der Waals surface area contributed by atoms with E-state index >= 15 is 0 Å². The summed E-state index contributed by atoms with van der Waals surface area (Å²) in [7, 11) is 0.